The van der Waals surface area contributed by atoms with Crippen molar-refractivity contribution in [2.24, 2.45) is 39.7 Å². The van der Waals surface area contributed by atoms with E-state index in [0.717, 1.165) is 5.56 Å². The number of aliphatic hydroxyl groups is 2. The van der Waals surface area contributed by atoms with E-state index in [1.165, 1.54) is 13.8 Å². The number of ether oxygens (including phenoxy) is 4. The number of ketones is 1. The first-order chi connectivity index (χ1) is 28.6. The zero-order chi connectivity index (χ0) is 45.0. The molecular formula is C44H63IN6O10. The maximum absolute atomic E-state index is 14.5. The molecule has 13 atom stereocenters. The minimum absolute atomic E-state index is 0.0749. The predicted molar refractivity (Wildman–Crippen MR) is 237 cm³/mol. The van der Waals surface area contributed by atoms with Gasteiger partial charge in [0.25, 0.3) is 0 Å². The number of fused-ring (bicyclic) bond motifs is 5. The molecule has 2 aromatic heterocycles. The molecular weight excluding hydrogens is 899 g/mol. The number of pyridine rings is 2. The SMILES string of the molecule is CC(=O)/N=C1\[C@H](C)C[C@@]2(C)OC/C(=N/OCc3ccc(-c4cccc(N)n4)nc3)CC[C@H]([C@H]1C)[C@](C)(O)[C@@H](I)OC(=O)[C@H](C)C(=O)[C@H](C)[C@H]2O[C@@H]1O[C@H](C)C[C@H](N(C)C)[C@H]1O. The Morgan fingerprint density at radius 3 is 2.44 bits per heavy atom. The number of oxime groups is 1. The van der Waals surface area contributed by atoms with Gasteiger partial charge in [-0.1, -0.05) is 38.1 Å². The van der Waals surface area contributed by atoms with Crippen LogP contribution in [-0.2, 0) is 44.8 Å². The monoisotopic (exact) mass is 962 g/mol. The van der Waals surface area contributed by atoms with Gasteiger partial charge >= 0.3 is 5.97 Å². The van der Waals surface area contributed by atoms with Crippen molar-refractivity contribution in [3.63, 3.8) is 0 Å². The number of nitrogens with two attached hydrogens (primary N) is 1. The lowest BCUT2D eigenvalue weighted by molar-refractivity contribution is -0.296. The first-order valence-corrected chi connectivity index (χ1v) is 22.2. The van der Waals surface area contributed by atoms with Crippen LogP contribution in [0.15, 0.2) is 46.7 Å². The van der Waals surface area contributed by atoms with Crippen molar-refractivity contribution < 1.29 is 48.4 Å². The molecule has 5 rings (SSSR count). The van der Waals surface area contributed by atoms with Crippen molar-refractivity contribution in [3.8, 4) is 11.4 Å². The van der Waals surface area contributed by atoms with E-state index in [1.807, 2.05) is 93.5 Å². The Hall–Kier alpha value is -3.46. The van der Waals surface area contributed by atoms with Crippen LogP contribution in [-0.4, -0.2) is 121 Å². The lowest BCUT2D eigenvalue weighted by Crippen LogP contribution is -2.59. The molecule has 0 aliphatic carbocycles. The molecule has 0 radical (unpaired) electrons. The van der Waals surface area contributed by atoms with Crippen LogP contribution in [0.4, 0.5) is 5.82 Å². The van der Waals surface area contributed by atoms with E-state index in [9.17, 15) is 24.6 Å². The molecule has 17 heteroatoms. The molecule has 3 fully saturated rings. The second-order valence-corrected chi connectivity index (χ2v) is 18.8. The van der Waals surface area contributed by atoms with Gasteiger partial charge in [0.1, 0.15) is 30.0 Å². The van der Waals surface area contributed by atoms with E-state index in [1.54, 1.807) is 26.1 Å². The Kier molecular flexibility index (Phi) is 16.2. The number of Topliss-reactive ketones (excluding diaryl/α,β-unsaturated/α-hetero) is 1. The molecule has 336 valence electrons. The van der Waals surface area contributed by atoms with Gasteiger partial charge < -0.3 is 44.6 Å². The summed E-state index contributed by atoms with van der Waals surface area (Å²) in [5.41, 5.74) is 5.88. The quantitative estimate of drug-likeness (QED) is 0.108. The number of cyclic esters (lactones) is 1. The number of hydrogen-bond donors (Lipinski definition) is 3. The van der Waals surface area contributed by atoms with Crippen molar-refractivity contribution >= 4 is 57.5 Å². The Morgan fingerprint density at radius 2 is 1.80 bits per heavy atom. The molecule has 3 aliphatic heterocycles. The van der Waals surface area contributed by atoms with Gasteiger partial charge in [-0.05, 0) is 120 Å². The topological polar surface area (TPSA) is 218 Å². The number of halogens is 1. The number of carbonyl (C=O) groups excluding carboxylic acids is 3. The van der Waals surface area contributed by atoms with Crippen molar-refractivity contribution in [1.29, 1.82) is 0 Å². The lowest BCUT2D eigenvalue weighted by Gasteiger charge is -2.47. The number of hydrogen-bond acceptors (Lipinski definition) is 15. The van der Waals surface area contributed by atoms with Crippen LogP contribution in [0.1, 0.15) is 86.6 Å². The van der Waals surface area contributed by atoms with Gasteiger partial charge in [0.05, 0.1) is 41.5 Å². The average Bonchev–Trinajstić information content (AvgIpc) is 3.21. The summed E-state index contributed by atoms with van der Waals surface area (Å²) in [6.45, 7) is 13.7. The highest BCUT2D eigenvalue weighted by atomic mass is 127. The largest absolute Gasteiger partial charge is 0.448 e. The normalized spacial score (nSPS) is 37.1. The van der Waals surface area contributed by atoms with Crippen LogP contribution in [0.5, 0.6) is 0 Å². The molecule has 4 N–H and O–H groups in total. The molecule has 16 nitrogen and oxygen atoms in total. The molecule has 3 aliphatic rings. The highest BCUT2D eigenvalue weighted by molar-refractivity contribution is 14.1. The van der Waals surface area contributed by atoms with Crippen molar-refractivity contribution in [2.45, 2.75) is 134 Å². The molecule has 0 unspecified atom stereocenters. The van der Waals surface area contributed by atoms with E-state index in [4.69, 9.17) is 29.5 Å². The number of likely N-dealkylation sites (N-methyl/N-ethyl adjacent to an activating group) is 1. The van der Waals surface area contributed by atoms with E-state index >= 15 is 0 Å². The van der Waals surface area contributed by atoms with Crippen LogP contribution in [0.25, 0.3) is 11.4 Å². The number of anilines is 1. The summed E-state index contributed by atoms with van der Waals surface area (Å²) in [7, 11) is 3.74. The third-order valence-corrected chi connectivity index (χ3v) is 14.0. The number of aromatic nitrogens is 2. The number of nitrogens with zero attached hydrogens (tertiary/aromatic N) is 5. The summed E-state index contributed by atoms with van der Waals surface area (Å²) >= 11 is 1.90. The molecule has 0 saturated carbocycles. The average molecular weight is 963 g/mol. The van der Waals surface area contributed by atoms with Crippen LogP contribution in [0.3, 0.4) is 0 Å². The summed E-state index contributed by atoms with van der Waals surface area (Å²) in [6.07, 6.45) is -0.705. The number of rotatable bonds is 7. The third kappa shape index (κ3) is 11.6. The lowest BCUT2D eigenvalue weighted by atomic mass is 9.70. The number of alkyl halides is 1. The van der Waals surface area contributed by atoms with Crippen molar-refractivity contribution in [3.05, 3.63) is 42.1 Å². The zero-order valence-electron chi connectivity index (χ0n) is 36.9. The van der Waals surface area contributed by atoms with Gasteiger partial charge in [0.2, 0.25) is 5.91 Å². The second kappa shape index (κ2) is 20.4. The number of aliphatic hydroxyl groups excluding tert-OH is 1. The first-order valence-electron chi connectivity index (χ1n) is 21.0. The van der Waals surface area contributed by atoms with Gasteiger partial charge in [-0.3, -0.25) is 19.4 Å². The fourth-order valence-corrected chi connectivity index (χ4v) is 9.69. The summed E-state index contributed by atoms with van der Waals surface area (Å²) < 4.78 is 24.8. The second-order valence-electron chi connectivity index (χ2n) is 17.6. The highest BCUT2D eigenvalue weighted by Gasteiger charge is 2.52. The van der Waals surface area contributed by atoms with Gasteiger partial charge in [0.15, 0.2) is 16.2 Å². The molecule has 1 amide bonds. The molecule has 3 saturated heterocycles. The van der Waals surface area contributed by atoms with Gasteiger partial charge in [0, 0.05) is 42.3 Å². The maximum Gasteiger partial charge on any atom is 0.317 e. The summed E-state index contributed by atoms with van der Waals surface area (Å²) in [6, 6.07) is 8.70. The van der Waals surface area contributed by atoms with Gasteiger partial charge in [-0.2, -0.15) is 0 Å². The smallest absolute Gasteiger partial charge is 0.317 e. The Morgan fingerprint density at radius 1 is 1.08 bits per heavy atom. The van der Waals surface area contributed by atoms with Gasteiger partial charge in [-0.15, -0.1) is 0 Å². The molecule has 5 heterocycles. The van der Waals surface area contributed by atoms with Crippen molar-refractivity contribution in [2.75, 3.05) is 26.4 Å². The fraction of sp³-hybridized carbons (Fsp3) is 0.659. The van der Waals surface area contributed by atoms with Crippen LogP contribution in [0, 0.1) is 29.6 Å². The minimum Gasteiger partial charge on any atom is -0.448 e. The van der Waals surface area contributed by atoms with Crippen LogP contribution in [0.2, 0.25) is 0 Å². The number of aliphatic imine (C=N–C) groups is 1. The fourth-order valence-electron chi connectivity index (χ4n) is 8.98. The van der Waals surface area contributed by atoms with E-state index < -0.39 is 81.1 Å². The number of amides is 1. The number of nitrogen functional groups attached to an aromatic ring is 1. The standard InChI is InChI=1S/C44H63IN6O10/c1-23-19-43(7)39(60-41-38(54)34(51(9)10)18-24(2)59-41)26(4)37(53)27(5)40(55)61-42(45)44(8,56)31(25(3)36(23)48-28(6)52)16-15-30(22-57-43)50-58-21-29-14-17-32(47-20-29)33-12-11-13-35(46)49-33/h11-14,17,20,23-27,31,34,38-39,41-42,54,56H,15-16,18-19,21-22H2,1-10H3,(H2,46,49)/b48-36+,50-30+/t23-,24-,25-,26+,27-,31-,34+,38-,39-,41+,42+,43-,44+/m1/s1. The Balaban J connectivity index is 1.60. The molecule has 2 aromatic rings. The molecule has 0 spiro atoms. The molecule has 2 bridgehead atoms. The van der Waals surface area contributed by atoms with Crippen LogP contribution >= 0.6 is 22.6 Å². The highest BCUT2D eigenvalue weighted by Crippen LogP contribution is 2.43. The Bertz CT molecular complexity index is 1930. The minimum atomic E-state index is -1.67. The number of carbonyl (C=O) groups is 3. The van der Waals surface area contributed by atoms with Gasteiger partial charge in [-0.25, -0.2) is 9.98 Å². The maximum atomic E-state index is 14.5. The first kappa shape index (κ1) is 48.6. The van der Waals surface area contributed by atoms with E-state index in [2.05, 4.69) is 20.1 Å². The molecule has 0 aromatic carbocycles. The van der Waals surface area contributed by atoms with Crippen molar-refractivity contribution in [1.82, 2.24) is 14.9 Å². The van der Waals surface area contributed by atoms with E-state index in [-0.39, 0.29) is 38.2 Å². The molecule has 61 heavy (non-hydrogen) atoms. The van der Waals surface area contributed by atoms with Crippen LogP contribution < -0.4 is 5.73 Å². The summed E-state index contributed by atoms with van der Waals surface area (Å²) in [5, 5.41) is 28.6. The summed E-state index contributed by atoms with van der Waals surface area (Å²) in [5.74, 6) is -5.18. The zero-order valence-corrected chi connectivity index (χ0v) is 39.1. The predicted octanol–water partition coefficient (Wildman–Crippen LogP) is 5.15. The third-order valence-electron chi connectivity index (χ3n) is 12.4. The Labute approximate surface area is 372 Å². The van der Waals surface area contributed by atoms with E-state index in [0.29, 0.717) is 41.5 Å². The summed E-state index contributed by atoms with van der Waals surface area (Å²) in [4.78, 5) is 62.4. The number of esters is 1.